The second-order valence-electron chi connectivity index (χ2n) is 2.61. The molecule has 1 amide bonds. The molecule has 0 spiro atoms. The molecule has 0 aliphatic rings. The molecule has 1 heterocycles. The van der Waals surface area contributed by atoms with Gasteiger partial charge in [0.2, 0.25) is 5.91 Å². The Bertz CT molecular complexity index is 346. The van der Waals surface area contributed by atoms with Crippen molar-refractivity contribution in [3.8, 4) is 0 Å². The number of nitro groups is 1. The van der Waals surface area contributed by atoms with Gasteiger partial charge in [-0.25, -0.2) is 0 Å². The molecule has 0 atom stereocenters. The summed E-state index contributed by atoms with van der Waals surface area (Å²) in [6.45, 7) is 2.33. The van der Waals surface area contributed by atoms with Crippen molar-refractivity contribution >= 4 is 11.6 Å². The number of hydrogen-bond acceptors (Lipinski definition) is 4. The molecule has 0 aliphatic carbocycles. The number of amides is 1. The summed E-state index contributed by atoms with van der Waals surface area (Å²) < 4.78 is 1.23. The van der Waals surface area contributed by atoms with E-state index in [1.54, 1.807) is 6.92 Å². The van der Waals surface area contributed by atoms with Crippen molar-refractivity contribution in [2.45, 2.75) is 13.5 Å². The van der Waals surface area contributed by atoms with Gasteiger partial charge in [0, 0.05) is 6.54 Å². The Morgan fingerprint density at radius 2 is 2.50 bits per heavy atom. The fourth-order valence-corrected chi connectivity index (χ4v) is 0.934. The normalized spacial score (nSPS) is 9.79. The van der Waals surface area contributed by atoms with Crippen LogP contribution in [0.15, 0.2) is 12.4 Å². The SMILES string of the molecule is CCNC(=O)Cn1cc([N+](=O)[O-])cn1. The van der Waals surface area contributed by atoms with Crippen LogP contribution in [0, 0.1) is 10.1 Å². The Labute approximate surface area is 79.9 Å². The fraction of sp³-hybridized carbons (Fsp3) is 0.429. The molecule has 14 heavy (non-hydrogen) atoms. The van der Waals surface area contributed by atoms with Crippen LogP contribution in [0.2, 0.25) is 0 Å². The second kappa shape index (κ2) is 4.35. The van der Waals surface area contributed by atoms with Crippen molar-refractivity contribution in [2.24, 2.45) is 0 Å². The standard InChI is InChI=1S/C7H10N4O3/c1-2-8-7(12)5-10-4-6(3-9-10)11(13)14/h3-4H,2,5H2,1H3,(H,8,12). The highest BCUT2D eigenvalue weighted by Crippen LogP contribution is 2.06. The minimum Gasteiger partial charge on any atom is -0.355 e. The second-order valence-corrected chi connectivity index (χ2v) is 2.61. The maximum absolute atomic E-state index is 11.0. The van der Waals surface area contributed by atoms with E-state index in [2.05, 4.69) is 10.4 Å². The lowest BCUT2D eigenvalue weighted by atomic mass is 10.5. The topological polar surface area (TPSA) is 90.1 Å². The molecule has 0 saturated carbocycles. The van der Waals surface area contributed by atoms with Gasteiger partial charge in [-0.05, 0) is 6.92 Å². The third-order valence-electron chi connectivity index (χ3n) is 1.51. The minimum absolute atomic E-state index is 0.00167. The van der Waals surface area contributed by atoms with Gasteiger partial charge in [-0.2, -0.15) is 5.10 Å². The molecule has 0 fully saturated rings. The number of carbonyl (C=O) groups excluding carboxylic acids is 1. The molecule has 1 aromatic rings. The van der Waals surface area contributed by atoms with Crippen LogP contribution in [0.25, 0.3) is 0 Å². The highest BCUT2D eigenvalue weighted by Gasteiger charge is 2.10. The molecule has 1 N–H and O–H groups in total. The van der Waals surface area contributed by atoms with E-state index in [-0.39, 0.29) is 18.1 Å². The highest BCUT2D eigenvalue weighted by atomic mass is 16.6. The first-order chi connectivity index (χ1) is 6.63. The molecule has 1 rings (SSSR count). The first kappa shape index (κ1) is 10.2. The molecule has 7 nitrogen and oxygen atoms in total. The lowest BCUT2D eigenvalue weighted by molar-refractivity contribution is -0.385. The zero-order valence-electron chi connectivity index (χ0n) is 7.64. The van der Waals surface area contributed by atoms with Gasteiger partial charge in [0.25, 0.3) is 0 Å². The van der Waals surface area contributed by atoms with E-state index in [4.69, 9.17) is 0 Å². The van der Waals surface area contributed by atoms with Crippen molar-refractivity contribution in [3.63, 3.8) is 0 Å². The maximum atomic E-state index is 11.0. The summed E-state index contributed by atoms with van der Waals surface area (Å²) in [5, 5.41) is 16.5. The van der Waals surface area contributed by atoms with Crippen LogP contribution < -0.4 is 5.32 Å². The number of aromatic nitrogens is 2. The maximum Gasteiger partial charge on any atom is 0.307 e. The Morgan fingerprint density at radius 3 is 3.00 bits per heavy atom. The summed E-state index contributed by atoms with van der Waals surface area (Å²) in [5.74, 6) is -0.217. The van der Waals surface area contributed by atoms with Gasteiger partial charge < -0.3 is 5.32 Å². The number of likely N-dealkylation sites (N-methyl/N-ethyl adjacent to an activating group) is 1. The zero-order valence-corrected chi connectivity index (χ0v) is 7.64. The zero-order chi connectivity index (χ0) is 10.6. The number of carbonyl (C=O) groups is 1. The summed E-state index contributed by atoms with van der Waals surface area (Å²) in [5.41, 5.74) is -0.116. The molecule has 7 heteroatoms. The molecule has 76 valence electrons. The van der Waals surface area contributed by atoms with Crippen LogP contribution >= 0.6 is 0 Å². The van der Waals surface area contributed by atoms with Gasteiger partial charge in [0.1, 0.15) is 18.9 Å². The molecular weight excluding hydrogens is 188 g/mol. The van der Waals surface area contributed by atoms with Gasteiger partial charge in [0.15, 0.2) is 0 Å². The molecule has 0 aromatic carbocycles. The largest absolute Gasteiger partial charge is 0.355 e. The molecule has 0 radical (unpaired) electrons. The van der Waals surface area contributed by atoms with Crippen molar-refractivity contribution in [1.29, 1.82) is 0 Å². The van der Waals surface area contributed by atoms with Crippen LogP contribution in [0.5, 0.6) is 0 Å². The van der Waals surface area contributed by atoms with Crippen LogP contribution in [-0.4, -0.2) is 27.2 Å². The van der Waals surface area contributed by atoms with Crippen molar-refractivity contribution in [3.05, 3.63) is 22.5 Å². The summed E-state index contributed by atoms with van der Waals surface area (Å²) in [4.78, 5) is 20.8. The van der Waals surface area contributed by atoms with Gasteiger partial charge in [-0.1, -0.05) is 0 Å². The van der Waals surface area contributed by atoms with Crippen molar-refractivity contribution < 1.29 is 9.72 Å². The van der Waals surface area contributed by atoms with E-state index in [1.165, 1.54) is 10.9 Å². The summed E-state index contributed by atoms with van der Waals surface area (Å²) >= 11 is 0. The first-order valence-corrected chi connectivity index (χ1v) is 4.07. The van der Waals surface area contributed by atoms with E-state index in [0.717, 1.165) is 6.20 Å². The Morgan fingerprint density at radius 1 is 1.79 bits per heavy atom. The Kier molecular flexibility index (Phi) is 3.16. The summed E-state index contributed by atoms with van der Waals surface area (Å²) in [6.07, 6.45) is 2.33. The monoisotopic (exact) mass is 198 g/mol. The predicted molar refractivity (Wildman–Crippen MR) is 47.6 cm³/mol. The lowest BCUT2D eigenvalue weighted by Gasteiger charge is -2.00. The van der Waals surface area contributed by atoms with E-state index in [1.807, 2.05) is 0 Å². The fourth-order valence-electron chi connectivity index (χ4n) is 0.934. The molecule has 1 aromatic heterocycles. The molecule has 0 bridgehead atoms. The van der Waals surface area contributed by atoms with Gasteiger partial charge >= 0.3 is 5.69 Å². The highest BCUT2D eigenvalue weighted by molar-refractivity contribution is 5.75. The van der Waals surface area contributed by atoms with Gasteiger partial charge in [-0.15, -0.1) is 0 Å². The predicted octanol–water partition coefficient (Wildman–Crippen LogP) is -0.0726. The summed E-state index contributed by atoms with van der Waals surface area (Å²) in [7, 11) is 0. The van der Waals surface area contributed by atoms with E-state index in [9.17, 15) is 14.9 Å². The molecule has 0 aliphatic heterocycles. The average molecular weight is 198 g/mol. The van der Waals surface area contributed by atoms with Gasteiger partial charge in [-0.3, -0.25) is 19.6 Å². The van der Waals surface area contributed by atoms with Crippen LogP contribution in [0.1, 0.15) is 6.92 Å². The van der Waals surface area contributed by atoms with Crippen LogP contribution in [-0.2, 0) is 11.3 Å². The lowest BCUT2D eigenvalue weighted by Crippen LogP contribution is -2.27. The van der Waals surface area contributed by atoms with E-state index in [0.29, 0.717) is 6.54 Å². The Balaban J connectivity index is 2.59. The quantitative estimate of drug-likeness (QED) is 0.541. The molecular formula is C7H10N4O3. The minimum atomic E-state index is -0.554. The third-order valence-corrected chi connectivity index (χ3v) is 1.51. The number of rotatable bonds is 4. The molecule has 0 saturated heterocycles. The summed E-state index contributed by atoms with van der Waals surface area (Å²) in [6, 6.07) is 0. The number of nitrogens with zero attached hydrogens (tertiary/aromatic N) is 3. The third kappa shape index (κ3) is 2.54. The Hall–Kier alpha value is -1.92. The number of hydrogen-bond donors (Lipinski definition) is 1. The van der Waals surface area contributed by atoms with Crippen molar-refractivity contribution in [2.75, 3.05) is 6.54 Å². The average Bonchev–Trinajstić information content (AvgIpc) is 2.53. The van der Waals surface area contributed by atoms with Crippen LogP contribution in [0.3, 0.4) is 0 Å². The first-order valence-electron chi connectivity index (χ1n) is 4.07. The van der Waals surface area contributed by atoms with E-state index >= 15 is 0 Å². The molecule has 0 unspecified atom stereocenters. The van der Waals surface area contributed by atoms with Crippen LogP contribution in [0.4, 0.5) is 5.69 Å². The van der Waals surface area contributed by atoms with Crippen molar-refractivity contribution in [1.82, 2.24) is 15.1 Å². The van der Waals surface area contributed by atoms with E-state index < -0.39 is 4.92 Å². The number of nitrogens with one attached hydrogen (secondary N) is 1. The smallest absolute Gasteiger partial charge is 0.307 e. The van der Waals surface area contributed by atoms with Gasteiger partial charge in [0.05, 0.1) is 4.92 Å².